The van der Waals surface area contributed by atoms with Crippen LogP contribution >= 0.6 is 0 Å². The molecule has 0 saturated heterocycles. The molecule has 6 nitrogen and oxygen atoms in total. The molecule has 1 aliphatic rings. The highest BCUT2D eigenvalue weighted by Crippen LogP contribution is 2.54. The van der Waals surface area contributed by atoms with Crippen LogP contribution in [-0.2, 0) is 37.9 Å². The smallest absolute Gasteiger partial charge is 0.145 e. The molecule has 4 heterocycles. The van der Waals surface area contributed by atoms with E-state index in [2.05, 4.69) is 250 Å². The lowest BCUT2D eigenvalue weighted by atomic mass is 9.76. The van der Waals surface area contributed by atoms with Crippen LogP contribution in [0.5, 0.6) is 11.5 Å². The Morgan fingerprint density at radius 2 is 0.955 bits per heavy atom. The number of hydrogen-bond donors (Lipinski definition) is 0. The SMILES string of the molecule is [2H]c1nc(-n2c3cc(Oc4cc(N5CN(c6c(-c7cc(C(C)(C)C)cc(C(C)(C)C)c7)cc(C(C)(C)C)cc6-c6cc(C(C)(C)C)cc(C(C)(C)C)c6)c6ccccc65)cc(C(C)(C)C)c4)ccc3c3c4oc5ccccc5c4ccc32)cc(C(C)(C)C)c1C([2H])([2H])[2H]. The van der Waals surface area contributed by atoms with Crippen molar-refractivity contribution in [1.82, 2.24) is 9.55 Å². The van der Waals surface area contributed by atoms with Crippen LogP contribution in [0.1, 0.15) is 195 Å². The van der Waals surface area contributed by atoms with Gasteiger partial charge in [-0.3, -0.25) is 4.57 Å². The number of pyridine rings is 1. The quantitative estimate of drug-likeness (QED) is 0.159. The highest BCUT2D eigenvalue weighted by molar-refractivity contribution is 6.24. The number of fused-ring (bicyclic) bond motifs is 8. The summed E-state index contributed by atoms with van der Waals surface area (Å²) in [6.07, 6.45) is -0.276. The maximum Gasteiger partial charge on any atom is 0.145 e. The molecular weight excluding hydrogens is 1080 g/mol. The number of nitrogens with zero attached hydrogens (tertiary/aromatic N) is 4. The minimum atomic E-state index is -2.54. The Kier molecular flexibility index (Phi) is 13.3. The number of ether oxygens (including phenoxy) is 1. The van der Waals surface area contributed by atoms with E-state index in [0.29, 0.717) is 29.5 Å². The van der Waals surface area contributed by atoms with Gasteiger partial charge in [0.25, 0.3) is 0 Å². The third-order valence-corrected chi connectivity index (χ3v) is 18.4. The Balaban J connectivity index is 1.07. The van der Waals surface area contributed by atoms with E-state index < -0.39 is 12.3 Å². The van der Waals surface area contributed by atoms with Crippen LogP contribution in [0.2, 0.25) is 0 Å². The summed E-state index contributed by atoms with van der Waals surface area (Å²) in [5, 5.41) is 3.78. The summed E-state index contributed by atoms with van der Waals surface area (Å²) in [6.45, 7) is 45.7. The zero-order valence-electron chi connectivity index (χ0n) is 60.7. The number of aromatic nitrogens is 2. The lowest BCUT2D eigenvalue weighted by Gasteiger charge is -2.33. The number of para-hydroxylation sites is 3. The molecule has 3 aromatic heterocycles. The molecule has 8 aromatic carbocycles. The van der Waals surface area contributed by atoms with Crippen molar-refractivity contribution >= 4 is 66.5 Å². The summed E-state index contributed by atoms with van der Waals surface area (Å²) < 4.78 is 51.0. The van der Waals surface area contributed by atoms with Gasteiger partial charge >= 0.3 is 0 Å². The van der Waals surface area contributed by atoms with Gasteiger partial charge in [-0.1, -0.05) is 212 Å². The van der Waals surface area contributed by atoms with Crippen molar-refractivity contribution in [3.05, 3.63) is 202 Å². The molecule has 458 valence electrons. The minimum absolute atomic E-state index is 0.0398. The maximum absolute atomic E-state index is 9.28. The summed E-state index contributed by atoms with van der Waals surface area (Å²) in [5.74, 6) is 1.71. The molecule has 0 bridgehead atoms. The molecule has 6 heteroatoms. The first kappa shape index (κ1) is 56.2. The monoisotopic (exact) mass is 1180 g/mol. The highest BCUT2D eigenvalue weighted by Gasteiger charge is 2.36. The van der Waals surface area contributed by atoms with Crippen molar-refractivity contribution in [2.24, 2.45) is 0 Å². The molecule has 0 unspecified atom stereocenters. The van der Waals surface area contributed by atoms with Crippen LogP contribution in [0, 0.1) is 6.85 Å². The van der Waals surface area contributed by atoms with E-state index in [1.54, 1.807) is 0 Å². The van der Waals surface area contributed by atoms with E-state index in [-0.39, 0.29) is 44.2 Å². The van der Waals surface area contributed by atoms with Crippen molar-refractivity contribution < 1.29 is 14.6 Å². The summed E-state index contributed by atoms with van der Waals surface area (Å²) in [7, 11) is 0. The molecule has 0 aliphatic carbocycles. The third kappa shape index (κ3) is 11.3. The van der Waals surface area contributed by atoms with Crippen molar-refractivity contribution in [2.45, 2.75) is 190 Å². The first-order chi connectivity index (χ1) is 43.0. The fourth-order valence-electron chi connectivity index (χ4n) is 12.8. The fourth-order valence-corrected chi connectivity index (χ4v) is 12.8. The molecule has 1 aliphatic heterocycles. The van der Waals surface area contributed by atoms with Gasteiger partial charge < -0.3 is 19.0 Å². The third-order valence-electron chi connectivity index (χ3n) is 18.4. The van der Waals surface area contributed by atoms with Crippen molar-refractivity contribution in [2.75, 3.05) is 16.5 Å². The van der Waals surface area contributed by atoms with Crippen molar-refractivity contribution in [3.8, 4) is 39.6 Å². The van der Waals surface area contributed by atoms with E-state index in [1.165, 1.54) is 50.1 Å². The summed E-state index contributed by atoms with van der Waals surface area (Å²) >= 11 is 0. The molecule has 0 radical (unpaired) electrons. The lowest BCUT2D eigenvalue weighted by Crippen LogP contribution is -2.26. The molecule has 0 N–H and O–H groups in total. The summed E-state index contributed by atoms with van der Waals surface area (Å²) in [6, 6.07) is 55.5. The molecule has 0 spiro atoms. The molecule has 11 aromatic rings. The molecule has 0 atom stereocenters. The van der Waals surface area contributed by atoms with Crippen LogP contribution in [0.3, 0.4) is 0 Å². The van der Waals surface area contributed by atoms with Crippen LogP contribution in [0.4, 0.5) is 22.7 Å². The molecule has 89 heavy (non-hydrogen) atoms. The van der Waals surface area contributed by atoms with Gasteiger partial charge in [0.05, 0.1) is 34.9 Å². The Labute approximate surface area is 536 Å². The second-order valence-electron chi connectivity index (χ2n) is 32.5. The predicted molar refractivity (Wildman–Crippen MR) is 381 cm³/mol. The first-order valence-electron chi connectivity index (χ1n) is 33.9. The Bertz CT molecular complexity index is 4630. The van der Waals surface area contributed by atoms with Crippen LogP contribution in [0.25, 0.3) is 71.8 Å². The van der Waals surface area contributed by atoms with Gasteiger partial charge in [-0.15, -0.1) is 0 Å². The highest BCUT2D eigenvalue weighted by atomic mass is 16.5. The number of hydrogen-bond acceptors (Lipinski definition) is 5. The van der Waals surface area contributed by atoms with Gasteiger partial charge in [-0.25, -0.2) is 4.98 Å². The molecule has 12 rings (SSSR count). The molecule has 0 amide bonds. The average molecular weight is 1180 g/mol. The van der Waals surface area contributed by atoms with Crippen LogP contribution in [-0.4, -0.2) is 16.2 Å². The zero-order chi connectivity index (χ0) is 67.4. The van der Waals surface area contributed by atoms with E-state index in [1.807, 2.05) is 61.7 Å². The number of benzene rings is 8. The van der Waals surface area contributed by atoms with Gasteiger partial charge in [0, 0.05) is 55.4 Å². The van der Waals surface area contributed by atoms with Crippen LogP contribution in [0.15, 0.2) is 162 Å². The molecular formula is C83H94N4O2. The minimum Gasteiger partial charge on any atom is -0.457 e. The average Bonchev–Trinajstić information content (AvgIpc) is 1.60. The number of furan rings is 1. The summed E-state index contributed by atoms with van der Waals surface area (Å²) in [5.41, 5.74) is 18.8. The molecule has 0 saturated carbocycles. The Morgan fingerprint density at radius 1 is 0.449 bits per heavy atom. The summed E-state index contributed by atoms with van der Waals surface area (Å²) in [4.78, 5) is 9.87. The van der Waals surface area contributed by atoms with Gasteiger partial charge in [-0.05, 0) is 173 Å². The standard InChI is InChI=1S/C83H94N4O2/c1-50-48-84-73(47-67(50)83(20,21)22)87-70-34-33-63-62-27-23-26-30-72(62)89-76(63)74(70)64-32-31-60(46-71(64)87)88-61-42-57(81(14,15)16)41-59(45-61)85-49-86(69-29-25-24-28-68(69)85)75-65(51-35-53(77(2,3)4)39-54(36-51)78(5,6)7)43-58(82(17,18)19)44-66(75)52-37-55(79(8,9)10)40-56(38-52)80(11,12)13/h23-48H,49H2,1-22H3/i1D3,48D. The van der Waals surface area contributed by atoms with Crippen LogP contribution < -0.4 is 14.5 Å². The number of rotatable bonds is 7. The van der Waals surface area contributed by atoms with Gasteiger partial charge in [0.1, 0.15) is 35.2 Å². The molecule has 0 fully saturated rings. The van der Waals surface area contributed by atoms with E-state index in [0.717, 1.165) is 72.1 Å². The zero-order valence-corrected chi connectivity index (χ0v) is 56.7. The topological polar surface area (TPSA) is 46.7 Å². The van der Waals surface area contributed by atoms with E-state index >= 15 is 0 Å². The van der Waals surface area contributed by atoms with Gasteiger partial charge in [0.2, 0.25) is 0 Å². The first-order valence-corrected chi connectivity index (χ1v) is 31.9. The second-order valence-corrected chi connectivity index (χ2v) is 32.5. The lowest BCUT2D eigenvalue weighted by molar-refractivity contribution is 0.479. The largest absolute Gasteiger partial charge is 0.457 e. The van der Waals surface area contributed by atoms with E-state index in [9.17, 15) is 1.37 Å². The fraction of sp³-hybridized carbons (Fsp3) is 0.361. The Hall–Kier alpha value is -8.09. The second kappa shape index (κ2) is 21.0. The van der Waals surface area contributed by atoms with Gasteiger partial charge in [-0.2, -0.15) is 0 Å². The maximum atomic E-state index is 9.28. The van der Waals surface area contributed by atoms with Gasteiger partial charge in [0.15, 0.2) is 0 Å². The Morgan fingerprint density at radius 3 is 1.49 bits per heavy atom. The number of anilines is 4. The predicted octanol–water partition coefficient (Wildman–Crippen LogP) is 23.8. The normalized spacial score (nSPS) is 14.7. The van der Waals surface area contributed by atoms with Crippen molar-refractivity contribution in [1.29, 1.82) is 0 Å². The van der Waals surface area contributed by atoms with E-state index in [4.69, 9.17) is 18.3 Å². The van der Waals surface area contributed by atoms with Crippen molar-refractivity contribution in [3.63, 3.8) is 0 Å².